The summed E-state index contributed by atoms with van der Waals surface area (Å²) < 4.78 is 3.76. The topological polar surface area (TPSA) is 117 Å². The predicted molar refractivity (Wildman–Crippen MR) is 150 cm³/mol. The predicted octanol–water partition coefficient (Wildman–Crippen LogP) is 4.18. The number of carbonyl (C=O) groups excluding carboxylic acids is 1. The second kappa shape index (κ2) is 9.76. The molecule has 4 aromatic heterocycles. The summed E-state index contributed by atoms with van der Waals surface area (Å²) in [4.78, 5) is 27.0. The molecule has 3 N–H and O–H groups in total. The summed E-state index contributed by atoms with van der Waals surface area (Å²) in [6.07, 6.45) is 6.84. The Morgan fingerprint density at radius 2 is 1.85 bits per heavy atom. The molecule has 0 unspecified atom stereocenters. The number of nitrogens with two attached hydrogens (primary N) is 1. The number of imidazole rings is 1. The van der Waals surface area contributed by atoms with Crippen LogP contribution < -0.4 is 11.1 Å². The lowest BCUT2D eigenvalue weighted by Gasteiger charge is -2.17. The lowest BCUT2D eigenvalue weighted by molar-refractivity contribution is 0.0940. The van der Waals surface area contributed by atoms with E-state index in [-0.39, 0.29) is 17.3 Å². The Labute approximate surface area is 224 Å². The fraction of sp³-hybridized carbons (Fsp3) is 0.100. The van der Waals surface area contributed by atoms with Crippen LogP contribution in [-0.4, -0.2) is 35.2 Å². The van der Waals surface area contributed by atoms with Crippen molar-refractivity contribution >= 4 is 33.7 Å². The zero-order valence-corrected chi connectivity index (χ0v) is 21.3. The van der Waals surface area contributed by atoms with Gasteiger partial charge in [0.15, 0.2) is 0 Å². The second-order valence-electron chi connectivity index (χ2n) is 9.12. The van der Waals surface area contributed by atoms with Gasteiger partial charge in [-0.1, -0.05) is 36.1 Å². The third kappa shape index (κ3) is 4.45. The molecule has 0 fully saturated rings. The summed E-state index contributed by atoms with van der Waals surface area (Å²) in [6, 6.07) is 18.9. The minimum Gasteiger partial charge on any atom is -0.383 e. The van der Waals surface area contributed by atoms with Crippen LogP contribution in [0, 0.1) is 11.8 Å². The minimum atomic E-state index is -0.484. The molecule has 0 saturated carbocycles. The van der Waals surface area contributed by atoms with E-state index in [2.05, 4.69) is 32.2 Å². The maximum absolute atomic E-state index is 13.5. The number of nitrogens with one attached hydrogen (secondary N) is 1. The van der Waals surface area contributed by atoms with Crippen LogP contribution in [0.2, 0.25) is 0 Å². The Morgan fingerprint density at radius 1 is 1.00 bits per heavy atom. The number of carbonyl (C=O) groups is 1. The lowest BCUT2D eigenvalue weighted by Crippen LogP contribution is -2.29. The molecule has 6 rings (SSSR count). The first-order chi connectivity index (χ1) is 19.0. The number of pyridine rings is 2. The molecule has 190 valence electrons. The van der Waals surface area contributed by atoms with Crippen molar-refractivity contribution in [3.63, 3.8) is 0 Å². The number of nitrogen functional groups attached to an aromatic ring is 1. The van der Waals surface area contributed by atoms with Gasteiger partial charge in [0.1, 0.15) is 17.2 Å². The monoisotopic (exact) mass is 512 g/mol. The number of fused-ring (bicyclic) bond motifs is 2. The summed E-state index contributed by atoms with van der Waals surface area (Å²) in [6.45, 7) is 1.89. The fourth-order valence-corrected chi connectivity index (χ4v) is 4.61. The van der Waals surface area contributed by atoms with Crippen molar-refractivity contribution in [2.75, 3.05) is 5.73 Å². The molecule has 4 heterocycles. The number of aryl methyl sites for hydroxylation is 1. The van der Waals surface area contributed by atoms with E-state index in [1.54, 1.807) is 29.3 Å². The fourth-order valence-electron chi connectivity index (χ4n) is 4.61. The van der Waals surface area contributed by atoms with Crippen molar-refractivity contribution < 1.29 is 4.79 Å². The molecule has 1 atom stereocenters. The summed E-state index contributed by atoms with van der Waals surface area (Å²) in [7, 11) is 1.86. The van der Waals surface area contributed by atoms with Crippen molar-refractivity contribution in [2.45, 2.75) is 13.0 Å². The highest BCUT2D eigenvalue weighted by Crippen LogP contribution is 2.29. The molecule has 9 heteroatoms. The lowest BCUT2D eigenvalue weighted by atomic mass is 10.1. The number of para-hydroxylation sites is 2. The van der Waals surface area contributed by atoms with Gasteiger partial charge in [0.05, 0.1) is 39.9 Å². The highest BCUT2D eigenvalue weighted by Gasteiger charge is 2.24. The van der Waals surface area contributed by atoms with Crippen molar-refractivity contribution in [3.05, 3.63) is 108 Å². The number of nitrogens with zero attached hydrogens (tertiary/aromatic N) is 6. The molecule has 0 radical (unpaired) electrons. The van der Waals surface area contributed by atoms with Gasteiger partial charge in [0.2, 0.25) is 0 Å². The molecule has 0 spiro atoms. The SMILES string of the molecule is C[C@H](NC(=O)c1c(N)ncc2cccnc12)c1nc2cccc(C#Cc3cnn(C)c3)c2n1-c1ccccc1. The smallest absolute Gasteiger partial charge is 0.257 e. The summed E-state index contributed by atoms with van der Waals surface area (Å²) in [5.41, 5.74) is 11.0. The second-order valence-corrected chi connectivity index (χ2v) is 9.12. The average molecular weight is 513 g/mol. The van der Waals surface area contributed by atoms with E-state index in [0.717, 1.165) is 33.2 Å². The largest absolute Gasteiger partial charge is 0.383 e. The molecular formula is C30H24N8O. The molecule has 0 aliphatic rings. The zero-order valence-electron chi connectivity index (χ0n) is 21.3. The molecule has 6 aromatic rings. The Kier molecular flexibility index (Phi) is 5.98. The Balaban J connectivity index is 1.46. The van der Waals surface area contributed by atoms with Gasteiger partial charge in [0, 0.05) is 36.7 Å². The van der Waals surface area contributed by atoms with Crippen LogP contribution in [0.25, 0.3) is 27.6 Å². The first-order valence-corrected chi connectivity index (χ1v) is 12.4. The summed E-state index contributed by atoms with van der Waals surface area (Å²) in [5, 5.41) is 8.00. The molecule has 1 amide bonds. The van der Waals surface area contributed by atoms with Gasteiger partial charge >= 0.3 is 0 Å². The van der Waals surface area contributed by atoms with Gasteiger partial charge in [-0.2, -0.15) is 5.10 Å². The number of anilines is 1. The van der Waals surface area contributed by atoms with Crippen LogP contribution in [0.5, 0.6) is 0 Å². The van der Waals surface area contributed by atoms with Gasteiger partial charge < -0.3 is 11.1 Å². The van der Waals surface area contributed by atoms with E-state index < -0.39 is 6.04 Å². The summed E-state index contributed by atoms with van der Waals surface area (Å²) in [5.74, 6) is 6.88. The molecule has 9 nitrogen and oxygen atoms in total. The van der Waals surface area contributed by atoms with Crippen molar-refractivity contribution in [3.8, 4) is 17.5 Å². The Morgan fingerprint density at radius 3 is 2.64 bits per heavy atom. The number of hydrogen-bond donors (Lipinski definition) is 2. The quantitative estimate of drug-likeness (QED) is 0.343. The van der Waals surface area contributed by atoms with Crippen LogP contribution in [0.1, 0.15) is 40.3 Å². The van der Waals surface area contributed by atoms with Gasteiger partial charge in [0.25, 0.3) is 5.91 Å². The maximum atomic E-state index is 13.5. The van der Waals surface area contributed by atoms with E-state index in [0.29, 0.717) is 11.3 Å². The molecule has 0 aliphatic carbocycles. The molecule has 0 aliphatic heterocycles. The average Bonchev–Trinajstić information content (AvgIpc) is 3.56. The Bertz CT molecular complexity index is 1910. The zero-order chi connectivity index (χ0) is 26.9. The molecule has 39 heavy (non-hydrogen) atoms. The minimum absolute atomic E-state index is 0.121. The normalized spacial score (nSPS) is 11.7. The maximum Gasteiger partial charge on any atom is 0.257 e. The van der Waals surface area contributed by atoms with Crippen LogP contribution in [0.3, 0.4) is 0 Å². The third-order valence-corrected chi connectivity index (χ3v) is 6.40. The highest BCUT2D eigenvalue weighted by molar-refractivity contribution is 6.09. The Hall–Kier alpha value is -5.49. The van der Waals surface area contributed by atoms with Crippen molar-refractivity contribution in [2.24, 2.45) is 7.05 Å². The summed E-state index contributed by atoms with van der Waals surface area (Å²) >= 11 is 0. The molecule has 2 aromatic carbocycles. The number of rotatable bonds is 4. The number of benzene rings is 2. The molecule has 0 saturated heterocycles. The number of aromatic nitrogens is 6. The van der Waals surface area contributed by atoms with Crippen molar-refractivity contribution in [1.29, 1.82) is 0 Å². The van der Waals surface area contributed by atoms with E-state index >= 15 is 0 Å². The van der Waals surface area contributed by atoms with E-state index in [1.165, 1.54) is 0 Å². The van der Waals surface area contributed by atoms with Crippen LogP contribution in [0.15, 0.2) is 85.5 Å². The van der Waals surface area contributed by atoms with E-state index in [1.807, 2.05) is 79.3 Å². The van der Waals surface area contributed by atoms with E-state index in [4.69, 9.17) is 10.7 Å². The van der Waals surface area contributed by atoms with E-state index in [9.17, 15) is 4.79 Å². The van der Waals surface area contributed by atoms with Gasteiger partial charge in [-0.05, 0) is 43.3 Å². The van der Waals surface area contributed by atoms with Crippen LogP contribution in [-0.2, 0) is 7.05 Å². The highest BCUT2D eigenvalue weighted by atomic mass is 16.1. The van der Waals surface area contributed by atoms with Crippen molar-refractivity contribution in [1.82, 2.24) is 34.6 Å². The standard InChI is InChI=1S/C30H24N8O/c1-19(35-30(39)25-26-22(9-7-15-32-26)17-33-28(25)31)29-36-24-12-6-8-21(14-13-20-16-34-37(2)18-20)27(24)38(29)23-10-4-3-5-11-23/h3-12,15-19H,1-2H3,(H2,31,33)(H,35,39)/t19-/m0/s1. The van der Waals surface area contributed by atoms with Crippen LogP contribution in [0.4, 0.5) is 5.82 Å². The van der Waals surface area contributed by atoms with Crippen LogP contribution >= 0.6 is 0 Å². The first-order valence-electron chi connectivity index (χ1n) is 12.4. The number of amides is 1. The molecular weight excluding hydrogens is 488 g/mol. The van der Waals surface area contributed by atoms with Gasteiger partial charge in [-0.25, -0.2) is 9.97 Å². The molecule has 0 bridgehead atoms. The third-order valence-electron chi connectivity index (χ3n) is 6.40. The number of hydrogen-bond acceptors (Lipinski definition) is 6. The van der Waals surface area contributed by atoms with Gasteiger partial charge in [-0.15, -0.1) is 0 Å². The first kappa shape index (κ1) is 23.9. The van der Waals surface area contributed by atoms with Gasteiger partial charge in [-0.3, -0.25) is 19.0 Å².